The van der Waals surface area contributed by atoms with E-state index in [0.717, 1.165) is 37.2 Å². The van der Waals surface area contributed by atoms with E-state index in [-0.39, 0.29) is 11.9 Å². The topological polar surface area (TPSA) is 49.3 Å². The summed E-state index contributed by atoms with van der Waals surface area (Å²) in [5, 5.41) is 0.338. The number of carbonyl (C=O) groups is 1. The maximum atomic E-state index is 14.9. The molecule has 29 heavy (non-hydrogen) atoms. The van der Waals surface area contributed by atoms with Gasteiger partial charge in [0, 0.05) is 31.2 Å². The van der Waals surface area contributed by atoms with Gasteiger partial charge < -0.3 is 9.80 Å². The van der Waals surface area contributed by atoms with Crippen LogP contribution in [0.5, 0.6) is 0 Å². The summed E-state index contributed by atoms with van der Waals surface area (Å²) in [6.45, 7) is 0.644. The first kappa shape index (κ1) is 20.1. The minimum Gasteiger partial charge on any atom is -0.361 e. The molecule has 4 rings (SSSR count). The lowest BCUT2D eigenvalue weighted by Crippen LogP contribution is -2.46. The number of hydrogen-bond acceptors (Lipinski definition) is 4. The summed E-state index contributed by atoms with van der Waals surface area (Å²) in [5.41, 5.74) is 0.259. The van der Waals surface area contributed by atoms with Gasteiger partial charge in [0.2, 0.25) is 5.91 Å². The first-order valence-electron chi connectivity index (χ1n) is 10.2. The molecule has 5 nitrogen and oxygen atoms in total. The SMILES string of the molecule is CN(C)c1cncc([C@H]2CCCN2C(=O)C2(c3c(F)cccc3Cl)CCCC2)n1. The van der Waals surface area contributed by atoms with Crippen molar-refractivity contribution in [3.63, 3.8) is 0 Å². The Morgan fingerprint density at radius 3 is 2.69 bits per heavy atom. The largest absolute Gasteiger partial charge is 0.361 e. The smallest absolute Gasteiger partial charge is 0.233 e. The predicted octanol–water partition coefficient (Wildman–Crippen LogP) is 4.51. The van der Waals surface area contributed by atoms with Gasteiger partial charge in [-0.25, -0.2) is 9.37 Å². The number of halogens is 2. The Hall–Kier alpha value is -2.21. The Labute approximate surface area is 175 Å². The highest BCUT2D eigenvalue weighted by molar-refractivity contribution is 6.31. The molecular formula is C22H26ClFN4O. The van der Waals surface area contributed by atoms with Crippen molar-refractivity contribution in [2.45, 2.75) is 50.0 Å². The highest BCUT2D eigenvalue weighted by Gasteiger charge is 2.50. The van der Waals surface area contributed by atoms with Crippen LogP contribution < -0.4 is 4.90 Å². The van der Waals surface area contributed by atoms with E-state index in [1.54, 1.807) is 24.5 Å². The van der Waals surface area contributed by atoms with Crippen molar-refractivity contribution in [3.8, 4) is 0 Å². The fourth-order valence-corrected chi connectivity index (χ4v) is 5.19. The molecule has 2 heterocycles. The number of aromatic nitrogens is 2. The standard InChI is InChI=1S/C22H26ClFN4O/c1-27(2)19-14-25-13-17(26-19)18-9-6-12-28(18)21(29)22(10-3-4-11-22)20-15(23)7-5-8-16(20)24/h5,7-8,13-14,18H,3-4,6,9-12H2,1-2H3/t18-/m1/s1. The van der Waals surface area contributed by atoms with E-state index in [9.17, 15) is 9.18 Å². The summed E-state index contributed by atoms with van der Waals surface area (Å²) < 4.78 is 14.9. The van der Waals surface area contributed by atoms with Crippen molar-refractivity contribution < 1.29 is 9.18 Å². The van der Waals surface area contributed by atoms with Gasteiger partial charge in [0.15, 0.2) is 0 Å². The van der Waals surface area contributed by atoms with Gasteiger partial charge in [-0.15, -0.1) is 0 Å². The van der Waals surface area contributed by atoms with Crippen molar-refractivity contribution in [2.24, 2.45) is 0 Å². The van der Waals surface area contributed by atoms with Crippen LogP contribution in [0, 0.1) is 5.82 Å². The van der Waals surface area contributed by atoms with Crippen LogP contribution in [-0.4, -0.2) is 41.4 Å². The average molecular weight is 417 g/mol. The Balaban J connectivity index is 1.72. The van der Waals surface area contributed by atoms with Gasteiger partial charge in [-0.05, 0) is 37.8 Å². The van der Waals surface area contributed by atoms with Gasteiger partial charge in [0.1, 0.15) is 11.6 Å². The highest BCUT2D eigenvalue weighted by atomic mass is 35.5. The van der Waals surface area contributed by atoms with Crippen LogP contribution in [0.3, 0.4) is 0 Å². The monoisotopic (exact) mass is 416 g/mol. The average Bonchev–Trinajstić information content (AvgIpc) is 3.38. The summed E-state index contributed by atoms with van der Waals surface area (Å²) in [4.78, 5) is 26.7. The number of hydrogen-bond donors (Lipinski definition) is 0. The second kappa shape index (κ2) is 7.90. The second-order valence-corrected chi connectivity index (χ2v) is 8.65. The minimum absolute atomic E-state index is 0.0263. The van der Waals surface area contributed by atoms with E-state index < -0.39 is 11.2 Å². The van der Waals surface area contributed by atoms with Crippen molar-refractivity contribution in [1.82, 2.24) is 14.9 Å². The van der Waals surface area contributed by atoms with E-state index in [2.05, 4.69) is 4.98 Å². The molecule has 1 saturated carbocycles. The van der Waals surface area contributed by atoms with E-state index in [0.29, 0.717) is 30.0 Å². The van der Waals surface area contributed by atoms with E-state index in [1.807, 2.05) is 23.9 Å². The summed E-state index contributed by atoms with van der Waals surface area (Å²) >= 11 is 6.42. The fraction of sp³-hybridized carbons (Fsp3) is 0.500. The molecule has 0 N–H and O–H groups in total. The van der Waals surface area contributed by atoms with Crippen LogP contribution in [0.15, 0.2) is 30.6 Å². The van der Waals surface area contributed by atoms with E-state index >= 15 is 0 Å². The van der Waals surface area contributed by atoms with Crippen LogP contribution in [-0.2, 0) is 10.2 Å². The Morgan fingerprint density at radius 2 is 2.00 bits per heavy atom. The fourth-order valence-electron chi connectivity index (χ4n) is 4.84. The molecule has 7 heteroatoms. The molecule has 1 aromatic heterocycles. The Kier molecular flexibility index (Phi) is 5.47. The highest BCUT2D eigenvalue weighted by Crippen LogP contribution is 2.48. The molecule has 1 aliphatic heterocycles. The number of anilines is 1. The van der Waals surface area contributed by atoms with Gasteiger partial charge in [-0.3, -0.25) is 9.78 Å². The minimum atomic E-state index is -0.891. The van der Waals surface area contributed by atoms with Gasteiger partial charge in [0.05, 0.1) is 29.5 Å². The molecule has 1 aromatic carbocycles. The summed E-state index contributed by atoms with van der Waals surface area (Å²) in [7, 11) is 3.83. The van der Waals surface area contributed by atoms with Crippen LogP contribution in [0.1, 0.15) is 55.8 Å². The third-order valence-electron chi connectivity index (χ3n) is 6.26. The summed E-state index contributed by atoms with van der Waals surface area (Å²) in [5.74, 6) is 0.342. The number of benzene rings is 1. The Bertz CT molecular complexity index is 893. The molecule has 0 radical (unpaired) electrons. The second-order valence-electron chi connectivity index (χ2n) is 8.24. The van der Waals surface area contributed by atoms with E-state index in [1.165, 1.54) is 6.07 Å². The number of likely N-dealkylation sites (tertiary alicyclic amines) is 1. The first-order valence-corrected chi connectivity index (χ1v) is 10.6. The third-order valence-corrected chi connectivity index (χ3v) is 6.58. The maximum absolute atomic E-state index is 14.9. The van der Waals surface area contributed by atoms with Crippen molar-refractivity contribution in [1.29, 1.82) is 0 Å². The molecule has 1 saturated heterocycles. The number of amides is 1. The molecule has 0 spiro atoms. The van der Waals surface area contributed by atoms with Gasteiger partial charge in [0.25, 0.3) is 0 Å². The zero-order valence-corrected chi connectivity index (χ0v) is 17.6. The molecule has 0 unspecified atom stereocenters. The molecule has 154 valence electrons. The molecule has 1 amide bonds. The van der Waals surface area contributed by atoms with Crippen LogP contribution >= 0.6 is 11.6 Å². The lowest BCUT2D eigenvalue weighted by Gasteiger charge is -2.36. The first-order chi connectivity index (χ1) is 13.9. The Morgan fingerprint density at radius 1 is 1.24 bits per heavy atom. The molecule has 0 bridgehead atoms. The number of carbonyl (C=O) groups excluding carboxylic acids is 1. The van der Waals surface area contributed by atoms with Crippen LogP contribution in [0.4, 0.5) is 10.2 Å². The maximum Gasteiger partial charge on any atom is 0.233 e. The van der Waals surface area contributed by atoms with Gasteiger partial charge in [-0.2, -0.15) is 0 Å². The van der Waals surface area contributed by atoms with Crippen molar-refractivity contribution in [2.75, 3.05) is 25.5 Å². The van der Waals surface area contributed by atoms with Gasteiger partial charge in [-0.1, -0.05) is 30.5 Å². The zero-order chi connectivity index (χ0) is 20.6. The molecule has 2 aliphatic rings. The van der Waals surface area contributed by atoms with Crippen LogP contribution in [0.2, 0.25) is 5.02 Å². The molecular weight excluding hydrogens is 391 g/mol. The lowest BCUT2D eigenvalue weighted by molar-refractivity contribution is -0.138. The van der Waals surface area contributed by atoms with Gasteiger partial charge >= 0.3 is 0 Å². The third kappa shape index (κ3) is 3.48. The molecule has 1 atom stereocenters. The predicted molar refractivity (Wildman–Crippen MR) is 112 cm³/mol. The van der Waals surface area contributed by atoms with Crippen molar-refractivity contribution in [3.05, 3.63) is 52.7 Å². The van der Waals surface area contributed by atoms with Crippen LogP contribution in [0.25, 0.3) is 0 Å². The quantitative estimate of drug-likeness (QED) is 0.735. The van der Waals surface area contributed by atoms with Crippen molar-refractivity contribution >= 4 is 23.3 Å². The molecule has 1 aliphatic carbocycles. The lowest BCUT2D eigenvalue weighted by atomic mass is 9.77. The molecule has 2 fully saturated rings. The summed E-state index contributed by atoms with van der Waals surface area (Å²) in [6.07, 6.45) is 8.21. The zero-order valence-electron chi connectivity index (χ0n) is 16.9. The summed E-state index contributed by atoms with van der Waals surface area (Å²) in [6, 6.07) is 4.54. The number of nitrogens with zero attached hydrogens (tertiary/aromatic N) is 4. The molecule has 2 aromatic rings. The number of rotatable bonds is 4. The van der Waals surface area contributed by atoms with E-state index in [4.69, 9.17) is 16.6 Å². The normalized spacial score (nSPS) is 20.8.